The molecule has 0 bridgehead atoms. The van der Waals surface area contributed by atoms with Crippen LogP contribution in [0.4, 0.5) is 0 Å². The molecule has 1 heterocycles. The van der Waals surface area contributed by atoms with Crippen LogP contribution < -0.4 is 9.47 Å². The summed E-state index contributed by atoms with van der Waals surface area (Å²) < 4.78 is 10.5. The van der Waals surface area contributed by atoms with E-state index < -0.39 is 0 Å². The number of piperidine rings is 1. The van der Waals surface area contributed by atoms with Crippen LogP contribution in [0.5, 0.6) is 11.5 Å². The van der Waals surface area contributed by atoms with Gasteiger partial charge in [-0.2, -0.15) is 0 Å². The van der Waals surface area contributed by atoms with Crippen molar-refractivity contribution in [3.63, 3.8) is 0 Å². The Morgan fingerprint density at radius 2 is 1.54 bits per heavy atom. The predicted molar refractivity (Wildman–Crippen MR) is 98.9 cm³/mol. The van der Waals surface area contributed by atoms with Gasteiger partial charge in [-0.3, -0.25) is 9.59 Å². The number of nitrogens with zero attached hydrogens (tertiary/aromatic N) is 1. The summed E-state index contributed by atoms with van der Waals surface area (Å²) in [7, 11) is 3.11. The molecule has 0 saturated carbocycles. The third kappa shape index (κ3) is 3.72. The zero-order chi connectivity index (χ0) is 18.5. The molecule has 0 aromatic heterocycles. The van der Waals surface area contributed by atoms with E-state index in [1.807, 2.05) is 30.3 Å². The summed E-state index contributed by atoms with van der Waals surface area (Å²) in [5.74, 6) is 1.23. The van der Waals surface area contributed by atoms with Gasteiger partial charge in [0.25, 0.3) is 5.91 Å². The molecule has 1 aliphatic heterocycles. The van der Waals surface area contributed by atoms with Crippen molar-refractivity contribution in [2.24, 2.45) is 5.92 Å². The summed E-state index contributed by atoms with van der Waals surface area (Å²) in [5.41, 5.74) is 1.31. The zero-order valence-corrected chi connectivity index (χ0v) is 15.1. The van der Waals surface area contributed by atoms with Gasteiger partial charge in [-0.15, -0.1) is 0 Å². The summed E-state index contributed by atoms with van der Waals surface area (Å²) in [6.45, 7) is 1.16. The lowest BCUT2D eigenvalue weighted by molar-refractivity contribution is 0.0650. The van der Waals surface area contributed by atoms with Crippen LogP contribution in [0.3, 0.4) is 0 Å². The number of likely N-dealkylation sites (tertiary alicyclic amines) is 1. The molecule has 2 aromatic rings. The van der Waals surface area contributed by atoms with Gasteiger partial charge in [0.2, 0.25) is 0 Å². The Bertz CT molecular complexity index is 780. The van der Waals surface area contributed by atoms with Gasteiger partial charge in [-0.25, -0.2) is 0 Å². The molecular formula is C21H23NO4. The topological polar surface area (TPSA) is 55.8 Å². The lowest BCUT2D eigenvalue weighted by atomic mass is 9.88. The van der Waals surface area contributed by atoms with E-state index in [0.29, 0.717) is 43.0 Å². The van der Waals surface area contributed by atoms with E-state index in [4.69, 9.17) is 9.47 Å². The lowest BCUT2D eigenvalue weighted by Crippen LogP contribution is -2.40. The van der Waals surface area contributed by atoms with E-state index >= 15 is 0 Å². The highest BCUT2D eigenvalue weighted by Crippen LogP contribution is 2.29. The Kier molecular flexibility index (Phi) is 5.56. The van der Waals surface area contributed by atoms with E-state index in [1.165, 1.54) is 0 Å². The number of carbonyl (C=O) groups excluding carboxylic acids is 2. The number of methoxy groups -OCH3 is 2. The van der Waals surface area contributed by atoms with Crippen molar-refractivity contribution >= 4 is 11.7 Å². The van der Waals surface area contributed by atoms with Gasteiger partial charge in [0.15, 0.2) is 17.3 Å². The third-order valence-electron chi connectivity index (χ3n) is 4.84. The number of carbonyl (C=O) groups is 2. The molecule has 0 unspecified atom stereocenters. The number of ketones is 1. The van der Waals surface area contributed by atoms with Crippen LogP contribution in [-0.4, -0.2) is 43.9 Å². The molecule has 0 radical (unpaired) electrons. The van der Waals surface area contributed by atoms with Crippen LogP contribution in [0.2, 0.25) is 0 Å². The average Bonchev–Trinajstić information content (AvgIpc) is 2.73. The first-order chi connectivity index (χ1) is 12.6. The fourth-order valence-electron chi connectivity index (χ4n) is 3.33. The summed E-state index contributed by atoms with van der Waals surface area (Å²) in [5, 5.41) is 0. The number of Topliss-reactive ketones (excluding diaryl/α,β-unsaturated/α-hetero) is 1. The fourth-order valence-corrected chi connectivity index (χ4v) is 3.33. The Labute approximate surface area is 153 Å². The van der Waals surface area contributed by atoms with Crippen molar-refractivity contribution in [3.8, 4) is 11.5 Å². The first-order valence-electron chi connectivity index (χ1n) is 8.74. The highest BCUT2D eigenvalue weighted by molar-refractivity contribution is 5.98. The molecule has 5 heteroatoms. The van der Waals surface area contributed by atoms with Crippen LogP contribution in [0.1, 0.15) is 33.6 Å². The van der Waals surface area contributed by atoms with Crippen LogP contribution in [0.25, 0.3) is 0 Å². The minimum atomic E-state index is -0.0448. The zero-order valence-electron chi connectivity index (χ0n) is 15.1. The second-order valence-corrected chi connectivity index (χ2v) is 6.37. The largest absolute Gasteiger partial charge is 0.493 e. The molecule has 0 N–H and O–H groups in total. The van der Waals surface area contributed by atoms with Gasteiger partial charge in [0.1, 0.15) is 0 Å². The van der Waals surface area contributed by atoms with Crippen molar-refractivity contribution in [1.29, 1.82) is 0 Å². The predicted octanol–water partition coefficient (Wildman–Crippen LogP) is 3.44. The molecular weight excluding hydrogens is 330 g/mol. The Hall–Kier alpha value is -2.82. The molecule has 136 valence electrons. The molecule has 3 rings (SSSR count). The van der Waals surface area contributed by atoms with E-state index in [-0.39, 0.29) is 17.6 Å². The number of benzene rings is 2. The normalized spacial score (nSPS) is 14.8. The van der Waals surface area contributed by atoms with Gasteiger partial charge >= 0.3 is 0 Å². The number of amides is 1. The molecule has 0 atom stereocenters. The minimum absolute atomic E-state index is 0.0214. The van der Waals surface area contributed by atoms with Gasteiger partial charge in [0, 0.05) is 30.1 Å². The highest BCUT2D eigenvalue weighted by atomic mass is 16.5. The Morgan fingerprint density at radius 1 is 0.885 bits per heavy atom. The standard InChI is InChI=1S/C21H23NO4/c1-25-18-9-8-17(14-19(18)26-2)21(24)22-12-10-16(11-13-22)20(23)15-6-4-3-5-7-15/h3-9,14,16H,10-13H2,1-2H3. The molecule has 1 fully saturated rings. The molecule has 0 spiro atoms. The second kappa shape index (κ2) is 8.04. The minimum Gasteiger partial charge on any atom is -0.493 e. The lowest BCUT2D eigenvalue weighted by Gasteiger charge is -2.31. The number of hydrogen-bond donors (Lipinski definition) is 0. The Balaban J connectivity index is 1.64. The van der Waals surface area contributed by atoms with Gasteiger partial charge in [-0.05, 0) is 31.0 Å². The van der Waals surface area contributed by atoms with Gasteiger partial charge < -0.3 is 14.4 Å². The van der Waals surface area contributed by atoms with Crippen LogP contribution in [0.15, 0.2) is 48.5 Å². The number of rotatable bonds is 5. The summed E-state index contributed by atoms with van der Waals surface area (Å²) in [6, 6.07) is 14.5. The van der Waals surface area contributed by atoms with Crippen molar-refractivity contribution in [3.05, 3.63) is 59.7 Å². The Morgan fingerprint density at radius 3 is 2.15 bits per heavy atom. The van der Waals surface area contributed by atoms with Gasteiger partial charge in [-0.1, -0.05) is 30.3 Å². The summed E-state index contributed by atoms with van der Waals surface area (Å²) >= 11 is 0. The van der Waals surface area contributed by atoms with Crippen molar-refractivity contribution < 1.29 is 19.1 Å². The monoisotopic (exact) mass is 353 g/mol. The molecule has 5 nitrogen and oxygen atoms in total. The van der Waals surface area contributed by atoms with E-state index in [9.17, 15) is 9.59 Å². The second-order valence-electron chi connectivity index (χ2n) is 6.37. The SMILES string of the molecule is COc1ccc(C(=O)N2CCC(C(=O)c3ccccc3)CC2)cc1OC. The van der Waals surface area contributed by atoms with E-state index in [1.54, 1.807) is 37.3 Å². The van der Waals surface area contributed by atoms with E-state index in [2.05, 4.69) is 0 Å². The van der Waals surface area contributed by atoms with Crippen LogP contribution >= 0.6 is 0 Å². The quantitative estimate of drug-likeness (QED) is 0.773. The maximum atomic E-state index is 12.8. The van der Waals surface area contributed by atoms with Crippen LogP contribution in [0, 0.1) is 5.92 Å². The summed E-state index contributed by atoms with van der Waals surface area (Å²) in [4.78, 5) is 27.1. The van der Waals surface area contributed by atoms with Crippen molar-refractivity contribution in [2.75, 3.05) is 27.3 Å². The van der Waals surface area contributed by atoms with Gasteiger partial charge in [0.05, 0.1) is 14.2 Å². The fraction of sp³-hybridized carbons (Fsp3) is 0.333. The third-order valence-corrected chi connectivity index (χ3v) is 4.84. The molecule has 0 aliphatic carbocycles. The molecule has 1 saturated heterocycles. The number of ether oxygens (including phenoxy) is 2. The smallest absolute Gasteiger partial charge is 0.253 e. The maximum absolute atomic E-state index is 12.8. The number of hydrogen-bond acceptors (Lipinski definition) is 4. The highest BCUT2D eigenvalue weighted by Gasteiger charge is 2.28. The van der Waals surface area contributed by atoms with Crippen molar-refractivity contribution in [2.45, 2.75) is 12.8 Å². The van der Waals surface area contributed by atoms with E-state index in [0.717, 1.165) is 5.56 Å². The molecule has 2 aromatic carbocycles. The molecule has 26 heavy (non-hydrogen) atoms. The molecule has 1 aliphatic rings. The molecule has 1 amide bonds. The maximum Gasteiger partial charge on any atom is 0.253 e. The van der Waals surface area contributed by atoms with Crippen molar-refractivity contribution in [1.82, 2.24) is 4.90 Å². The first kappa shape index (κ1) is 18.0. The average molecular weight is 353 g/mol. The van der Waals surface area contributed by atoms with Crippen LogP contribution in [-0.2, 0) is 0 Å². The first-order valence-corrected chi connectivity index (χ1v) is 8.74. The summed E-state index contributed by atoms with van der Waals surface area (Å²) in [6.07, 6.45) is 1.37.